The first kappa shape index (κ1) is 17.2. The summed E-state index contributed by atoms with van der Waals surface area (Å²) in [5.74, 6) is -0.0507. The standard InChI is InChI=1S/C19H23N3O4/c23-18(21-13-5-6-16-17(11-13)26-10-9-25-16)7-8-22-12-20-15-4-2-1-3-14(15)19(22)24/h1-4,12-13,16-17H,5-11H2,(H,21,23)/t13-,16-,17+/m1/s1. The van der Waals surface area contributed by atoms with Crippen molar-refractivity contribution in [3.8, 4) is 0 Å². The van der Waals surface area contributed by atoms with Crippen molar-refractivity contribution in [3.63, 3.8) is 0 Å². The number of hydrogen-bond acceptors (Lipinski definition) is 5. The number of hydrogen-bond donors (Lipinski definition) is 1. The Hall–Kier alpha value is -2.25. The Bertz CT molecular complexity index is 850. The number of benzene rings is 1. The van der Waals surface area contributed by atoms with Gasteiger partial charge in [0.1, 0.15) is 0 Å². The maximum absolute atomic E-state index is 12.4. The highest BCUT2D eigenvalue weighted by Crippen LogP contribution is 2.26. The molecule has 1 amide bonds. The number of rotatable bonds is 4. The molecule has 0 bridgehead atoms. The van der Waals surface area contributed by atoms with Gasteiger partial charge in [0, 0.05) is 19.0 Å². The lowest BCUT2D eigenvalue weighted by molar-refractivity contribution is -0.158. The molecular formula is C19H23N3O4. The summed E-state index contributed by atoms with van der Waals surface area (Å²) in [6.45, 7) is 1.60. The normalized spacial score (nSPS) is 25.6. The highest BCUT2D eigenvalue weighted by Gasteiger charge is 2.34. The van der Waals surface area contributed by atoms with Gasteiger partial charge in [-0.3, -0.25) is 14.2 Å². The number of amides is 1. The summed E-state index contributed by atoms with van der Waals surface area (Å²) >= 11 is 0. The van der Waals surface area contributed by atoms with Crippen molar-refractivity contribution in [2.24, 2.45) is 0 Å². The highest BCUT2D eigenvalue weighted by molar-refractivity contribution is 5.77. The van der Waals surface area contributed by atoms with Crippen LogP contribution in [0.4, 0.5) is 0 Å². The predicted molar refractivity (Wildman–Crippen MR) is 95.9 cm³/mol. The van der Waals surface area contributed by atoms with Crippen molar-refractivity contribution < 1.29 is 14.3 Å². The van der Waals surface area contributed by atoms with Gasteiger partial charge >= 0.3 is 0 Å². The van der Waals surface area contributed by atoms with Crippen LogP contribution < -0.4 is 10.9 Å². The molecule has 0 radical (unpaired) electrons. The Morgan fingerprint density at radius 1 is 1.19 bits per heavy atom. The van der Waals surface area contributed by atoms with Gasteiger partial charge in [0.15, 0.2) is 0 Å². The number of nitrogens with one attached hydrogen (secondary N) is 1. The minimum atomic E-state index is -0.114. The van der Waals surface area contributed by atoms with Gasteiger partial charge in [0.2, 0.25) is 5.91 Å². The maximum atomic E-state index is 12.4. The Kier molecular flexibility index (Phi) is 4.99. The molecular weight excluding hydrogens is 334 g/mol. The lowest BCUT2D eigenvalue weighted by Gasteiger charge is -2.39. The van der Waals surface area contributed by atoms with Crippen LogP contribution in [-0.4, -0.2) is 46.9 Å². The second kappa shape index (κ2) is 7.55. The van der Waals surface area contributed by atoms with Crippen LogP contribution in [0.3, 0.4) is 0 Å². The van der Waals surface area contributed by atoms with E-state index in [0.29, 0.717) is 30.7 Å². The zero-order valence-corrected chi connectivity index (χ0v) is 14.6. The van der Waals surface area contributed by atoms with E-state index in [4.69, 9.17) is 9.47 Å². The van der Waals surface area contributed by atoms with Crippen LogP contribution in [0.15, 0.2) is 35.4 Å². The van der Waals surface area contributed by atoms with E-state index in [9.17, 15) is 9.59 Å². The van der Waals surface area contributed by atoms with Crippen molar-refractivity contribution in [1.82, 2.24) is 14.9 Å². The van der Waals surface area contributed by atoms with E-state index in [0.717, 1.165) is 19.3 Å². The first-order valence-electron chi connectivity index (χ1n) is 9.17. The van der Waals surface area contributed by atoms with Crippen LogP contribution in [0.5, 0.6) is 0 Å². The Morgan fingerprint density at radius 3 is 2.88 bits per heavy atom. The molecule has 1 N–H and O–H groups in total. The molecule has 1 aliphatic carbocycles. The molecule has 2 aliphatic rings. The van der Waals surface area contributed by atoms with Crippen molar-refractivity contribution in [2.75, 3.05) is 13.2 Å². The molecule has 1 aromatic heterocycles. The zero-order chi connectivity index (χ0) is 17.9. The van der Waals surface area contributed by atoms with Crippen molar-refractivity contribution >= 4 is 16.8 Å². The van der Waals surface area contributed by atoms with Crippen LogP contribution in [0.25, 0.3) is 10.9 Å². The SMILES string of the molecule is O=C(CCn1cnc2ccccc2c1=O)N[C@@H]1CC[C@H]2OCCO[C@H]2C1. The lowest BCUT2D eigenvalue weighted by Crippen LogP contribution is -2.49. The Morgan fingerprint density at radius 2 is 2.00 bits per heavy atom. The average molecular weight is 357 g/mol. The van der Waals surface area contributed by atoms with Gasteiger partial charge < -0.3 is 14.8 Å². The van der Waals surface area contributed by atoms with Crippen LogP contribution in [-0.2, 0) is 20.8 Å². The molecule has 1 aliphatic heterocycles. The van der Waals surface area contributed by atoms with E-state index in [1.54, 1.807) is 12.1 Å². The minimum Gasteiger partial charge on any atom is -0.373 e. The van der Waals surface area contributed by atoms with Gasteiger partial charge in [-0.1, -0.05) is 12.1 Å². The number of carbonyl (C=O) groups excluding carboxylic acids is 1. The third-order valence-electron chi connectivity index (χ3n) is 5.15. The van der Waals surface area contributed by atoms with E-state index in [2.05, 4.69) is 10.3 Å². The van der Waals surface area contributed by atoms with Gasteiger partial charge in [0.05, 0.1) is 42.7 Å². The fourth-order valence-corrected chi connectivity index (χ4v) is 3.78. The number of fused-ring (bicyclic) bond motifs is 2. The minimum absolute atomic E-state index is 0.0507. The quantitative estimate of drug-likeness (QED) is 0.890. The highest BCUT2D eigenvalue weighted by atomic mass is 16.6. The van der Waals surface area contributed by atoms with E-state index in [1.165, 1.54) is 10.9 Å². The molecule has 3 atom stereocenters. The van der Waals surface area contributed by atoms with Crippen molar-refractivity contribution in [1.29, 1.82) is 0 Å². The summed E-state index contributed by atoms with van der Waals surface area (Å²) in [5.41, 5.74) is 0.557. The monoisotopic (exact) mass is 357 g/mol. The number of ether oxygens (including phenoxy) is 2. The maximum Gasteiger partial charge on any atom is 0.261 e. The third kappa shape index (κ3) is 3.64. The van der Waals surface area contributed by atoms with E-state index in [-0.39, 0.29) is 36.1 Å². The topological polar surface area (TPSA) is 82.5 Å². The van der Waals surface area contributed by atoms with Crippen molar-refractivity contribution in [3.05, 3.63) is 40.9 Å². The fourth-order valence-electron chi connectivity index (χ4n) is 3.78. The molecule has 7 nitrogen and oxygen atoms in total. The average Bonchev–Trinajstić information content (AvgIpc) is 2.67. The summed E-state index contributed by atoms with van der Waals surface area (Å²) < 4.78 is 13.0. The molecule has 4 rings (SSSR count). The number of para-hydroxylation sites is 1. The molecule has 0 unspecified atom stereocenters. The summed E-state index contributed by atoms with van der Waals surface area (Å²) in [4.78, 5) is 29.0. The molecule has 1 saturated heterocycles. The van der Waals surface area contributed by atoms with Crippen LogP contribution in [0, 0.1) is 0 Å². The number of aromatic nitrogens is 2. The molecule has 2 aromatic rings. The third-order valence-corrected chi connectivity index (χ3v) is 5.15. The molecule has 7 heteroatoms. The van der Waals surface area contributed by atoms with E-state index >= 15 is 0 Å². The summed E-state index contributed by atoms with van der Waals surface area (Å²) in [5, 5.41) is 3.64. The van der Waals surface area contributed by atoms with Crippen LogP contribution in [0.2, 0.25) is 0 Å². The van der Waals surface area contributed by atoms with Gasteiger partial charge in [-0.2, -0.15) is 0 Å². The summed E-state index contributed by atoms with van der Waals surface area (Å²) in [6, 6.07) is 7.34. The Labute approximate surface area is 151 Å². The number of nitrogens with zero attached hydrogens (tertiary/aromatic N) is 2. The van der Waals surface area contributed by atoms with E-state index in [1.807, 2.05) is 12.1 Å². The molecule has 2 fully saturated rings. The first-order valence-corrected chi connectivity index (χ1v) is 9.17. The molecule has 1 saturated carbocycles. The van der Waals surface area contributed by atoms with E-state index < -0.39 is 0 Å². The molecule has 26 heavy (non-hydrogen) atoms. The summed E-state index contributed by atoms with van der Waals surface area (Å²) in [7, 11) is 0. The van der Waals surface area contributed by atoms with Gasteiger partial charge in [-0.05, 0) is 31.4 Å². The molecule has 1 aromatic carbocycles. The molecule has 138 valence electrons. The first-order chi connectivity index (χ1) is 12.7. The second-order valence-electron chi connectivity index (χ2n) is 6.91. The van der Waals surface area contributed by atoms with Gasteiger partial charge in [-0.15, -0.1) is 0 Å². The molecule has 2 heterocycles. The Balaban J connectivity index is 1.33. The van der Waals surface area contributed by atoms with Crippen LogP contribution >= 0.6 is 0 Å². The van der Waals surface area contributed by atoms with Gasteiger partial charge in [0.25, 0.3) is 5.56 Å². The summed E-state index contributed by atoms with van der Waals surface area (Å²) in [6.07, 6.45) is 4.60. The fraction of sp³-hybridized carbons (Fsp3) is 0.526. The number of aryl methyl sites for hydroxylation is 1. The second-order valence-corrected chi connectivity index (χ2v) is 6.91. The largest absolute Gasteiger partial charge is 0.373 e. The van der Waals surface area contributed by atoms with Gasteiger partial charge in [-0.25, -0.2) is 4.98 Å². The lowest BCUT2D eigenvalue weighted by atomic mass is 9.89. The smallest absolute Gasteiger partial charge is 0.261 e. The molecule has 0 spiro atoms. The zero-order valence-electron chi connectivity index (χ0n) is 14.6. The number of carbonyl (C=O) groups is 1. The van der Waals surface area contributed by atoms with Crippen molar-refractivity contribution in [2.45, 2.75) is 50.5 Å². The predicted octanol–water partition coefficient (Wildman–Crippen LogP) is 1.24. The van der Waals surface area contributed by atoms with Crippen LogP contribution in [0.1, 0.15) is 25.7 Å².